The second-order valence-corrected chi connectivity index (χ2v) is 6.31. The molecule has 0 spiro atoms. The Bertz CT molecular complexity index is 252. The summed E-state index contributed by atoms with van der Waals surface area (Å²) >= 11 is 3.44. The molecule has 4 heteroatoms. The van der Waals surface area contributed by atoms with Crippen molar-refractivity contribution in [2.45, 2.75) is 58.6 Å². The first-order chi connectivity index (χ1) is 8.56. The minimum atomic E-state index is 0.203. The van der Waals surface area contributed by atoms with Crippen LogP contribution >= 0.6 is 15.9 Å². The fraction of sp³-hybridized carbons (Fsp3) is 0.929. The summed E-state index contributed by atoms with van der Waals surface area (Å²) in [5, 5.41) is 4.09. The number of carbonyl (C=O) groups excluding carboxylic acids is 1. The highest BCUT2D eigenvalue weighted by molar-refractivity contribution is 9.09. The van der Waals surface area contributed by atoms with Crippen molar-refractivity contribution in [1.82, 2.24) is 5.32 Å². The molecule has 0 bridgehead atoms. The summed E-state index contributed by atoms with van der Waals surface area (Å²) in [6.07, 6.45) is 4.15. The van der Waals surface area contributed by atoms with E-state index in [-0.39, 0.29) is 5.91 Å². The molecular formula is C14H26BrNO2. The smallest absolute Gasteiger partial charge is 0.220 e. The van der Waals surface area contributed by atoms with Gasteiger partial charge in [0.15, 0.2) is 0 Å². The molecule has 0 radical (unpaired) electrons. The van der Waals surface area contributed by atoms with Gasteiger partial charge in [-0.3, -0.25) is 4.79 Å². The average molecular weight is 320 g/mol. The van der Waals surface area contributed by atoms with Crippen molar-refractivity contribution in [3.8, 4) is 0 Å². The van der Waals surface area contributed by atoms with Crippen molar-refractivity contribution < 1.29 is 9.53 Å². The number of amides is 1. The normalized spacial score (nSPS) is 24.7. The van der Waals surface area contributed by atoms with Crippen LogP contribution in [0.5, 0.6) is 0 Å². The maximum absolute atomic E-state index is 11.9. The summed E-state index contributed by atoms with van der Waals surface area (Å²) in [7, 11) is 0. The first-order valence-corrected chi connectivity index (χ1v) is 8.15. The van der Waals surface area contributed by atoms with Crippen LogP contribution in [0.3, 0.4) is 0 Å². The van der Waals surface area contributed by atoms with Crippen LogP contribution in [0.4, 0.5) is 0 Å². The molecule has 0 aromatic rings. The Morgan fingerprint density at radius 1 is 1.44 bits per heavy atom. The lowest BCUT2D eigenvalue weighted by Crippen LogP contribution is -2.41. The van der Waals surface area contributed by atoms with Crippen LogP contribution in [0.1, 0.15) is 46.5 Å². The highest BCUT2D eigenvalue weighted by Crippen LogP contribution is 2.32. The van der Waals surface area contributed by atoms with Crippen LogP contribution in [0.25, 0.3) is 0 Å². The molecule has 1 rings (SSSR count). The van der Waals surface area contributed by atoms with Gasteiger partial charge in [0.2, 0.25) is 5.91 Å². The van der Waals surface area contributed by atoms with E-state index < -0.39 is 0 Å². The summed E-state index contributed by atoms with van der Waals surface area (Å²) < 4.78 is 5.51. The van der Waals surface area contributed by atoms with E-state index in [1.54, 1.807) is 0 Å². The third-order valence-corrected chi connectivity index (χ3v) is 4.10. The molecule has 1 amide bonds. The maximum Gasteiger partial charge on any atom is 0.220 e. The number of hydrogen-bond acceptors (Lipinski definition) is 2. The summed E-state index contributed by atoms with van der Waals surface area (Å²) in [4.78, 5) is 11.9. The van der Waals surface area contributed by atoms with Gasteiger partial charge in [0.05, 0.1) is 6.10 Å². The Morgan fingerprint density at radius 2 is 2.11 bits per heavy atom. The van der Waals surface area contributed by atoms with Crippen molar-refractivity contribution in [1.29, 1.82) is 0 Å². The van der Waals surface area contributed by atoms with E-state index in [2.05, 4.69) is 35.1 Å². The zero-order valence-corrected chi connectivity index (χ0v) is 13.3. The summed E-state index contributed by atoms with van der Waals surface area (Å²) in [5.41, 5.74) is 0. The molecule has 1 saturated carbocycles. The summed E-state index contributed by atoms with van der Waals surface area (Å²) in [6, 6.07) is 0.291. The first kappa shape index (κ1) is 16.0. The van der Waals surface area contributed by atoms with E-state index >= 15 is 0 Å². The lowest BCUT2D eigenvalue weighted by atomic mass is 9.79. The molecule has 1 unspecified atom stereocenters. The summed E-state index contributed by atoms with van der Waals surface area (Å²) in [5.74, 6) is 1.22. The van der Waals surface area contributed by atoms with Gasteiger partial charge in [-0.25, -0.2) is 0 Å². The lowest BCUT2D eigenvalue weighted by Gasteiger charge is -2.35. The van der Waals surface area contributed by atoms with E-state index in [1.165, 1.54) is 0 Å². The van der Waals surface area contributed by atoms with Crippen molar-refractivity contribution in [2.24, 2.45) is 11.8 Å². The molecule has 1 atom stereocenters. The molecule has 1 fully saturated rings. The molecular weight excluding hydrogens is 294 g/mol. The number of carbonyl (C=O) groups is 1. The average Bonchev–Trinajstić information content (AvgIpc) is 2.25. The predicted molar refractivity (Wildman–Crippen MR) is 77.9 cm³/mol. The van der Waals surface area contributed by atoms with Crippen LogP contribution in [-0.4, -0.2) is 30.0 Å². The highest BCUT2D eigenvalue weighted by Gasteiger charge is 2.31. The number of nitrogens with one attached hydrogen (secondary N) is 1. The minimum Gasteiger partial charge on any atom is -0.378 e. The van der Waals surface area contributed by atoms with Gasteiger partial charge in [0, 0.05) is 24.4 Å². The first-order valence-electron chi connectivity index (χ1n) is 7.03. The van der Waals surface area contributed by atoms with E-state index in [0.717, 1.165) is 31.2 Å². The Kier molecular flexibility index (Phi) is 7.23. The standard InChI is InChI=1S/C14H26BrNO2/c1-4-18-12-7-11(8-12)9-14(17)16-13(5-6-15)10(2)3/h10-13H,4-9H2,1-3H3,(H,16,17). The third-order valence-electron chi connectivity index (χ3n) is 3.64. The van der Waals surface area contributed by atoms with Gasteiger partial charge in [-0.2, -0.15) is 0 Å². The predicted octanol–water partition coefficient (Wildman–Crippen LogP) is 3.12. The van der Waals surface area contributed by atoms with E-state index in [9.17, 15) is 4.79 Å². The monoisotopic (exact) mass is 319 g/mol. The highest BCUT2D eigenvalue weighted by atomic mass is 79.9. The zero-order valence-electron chi connectivity index (χ0n) is 11.7. The fourth-order valence-corrected chi connectivity index (χ4v) is 2.92. The lowest BCUT2D eigenvalue weighted by molar-refractivity contribution is -0.125. The molecule has 0 aliphatic heterocycles. The zero-order chi connectivity index (χ0) is 13.5. The molecule has 0 aromatic heterocycles. The van der Waals surface area contributed by atoms with Crippen molar-refractivity contribution >= 4 is 21.8 Å². The molecule has 1 aliphatic carbocycles. The molecule has 0 saturated heterocycles. The quantitative estimate of drug-likeness (QED) is 0.698. The number of halogens is 1. The summed E-state index contributed by atoms with van der Waals surface area (Å²) in [6.45, 7) is 7.11. The Morgan fingerprint density at radius 3 is 2.61 bits per heavy atom. The molecule has 0 heterocycles. The van der Waals surface area contributed by atoms with Gasteiger partial charge in [0.25, 0.3) is 0 Å². The number of alkyl halides is 1. The minimum absolute atomic E-state index is 0.203. The van der Waals surface area contributed by atoms with Gasteiger partial charge in [-0.1, -0.05) is 29.8 Å². The van der Waals surface area contributed by atoms with E-state index in [4.69, 9.17) is 4.74 Å². The van der Waals surface area contributed by atoms with Crippen molar-refractivity contribution in [3.63, 3.8) is 0 Å². The molecule has 106 valence electrons. The fourth-order valence-electron chi connectivity index (χ4n) is 2.43. The maximum atomic E-state index is 11.9. The van der Waals surface area contributed by atoms with Gasteiger partial charge in [0.1, 0.15) is 0 Å². The number of ether oxygens (including phenoxy) is 1. The van der Waals surface area contributed by atoms with Crippen LogP contribution in [0.2, 0.25) is 0 Å². The molecule has 18 heavy (non-hydrogen) atoms. The molecule has 1 N–H and O–H groups in total. The van der Waals surface area contributed by atoms with Crippen molar-refractivity contribution in [2.75, 3.05) is 11.9 Å². The second kappa shape index (κ2) is 8.16. The molecule has 0 aromatic carbocycles. The van der Waals surface area contributed by atoms with Gasteiger partial charge >= 0.3 is 0 Å². The van der Waals surface area contributed by atoms with E-state index in [0.29, 0.717) is 30.4 Å². The Balaban J connectivity index is 2.21. The second-order valence-electron chi connectivity index (χ2n) is 5.51. The van der Waals surface area contributed by atoms with E-state index in [1.807, 2.05) is 6.92 Å². The third kappa shape index (κ3) is 5.27. The van der Waals surface area contributed by atoms with Gasteiger partial charge < -0.3 is 10.1 Å². The van der Waals surface area contributed by atoms with Gasteiger partial charge in [-0.05, 0) is 38.0 Å². The number of hydrogen-bond donors (Lipinski definition) is 1. The van der Waals surface area contributed by atoms with Crippen LogP contribution in [-0.2, 0) is 9.53 Å². The molecule has 3 nitrogen and oxygen atoms in total. The van der Waals surface area contributed by atoms with Crippen LogP contribution in [0.15, 0.2) is 0 Å². The van der Waals surface area contributed by atoms with Crippen LogP contribution < -0.4 is 5.32 Å². The van der Waals surface area contributed by atoms with Crippen molar-refractivity contribution in [3.05, 3.63) is 0 Å². The SMILES string of the molecule is CCOC1CC(CC(=O)NC(CCBr)C(C)C)C1. The topological polar surface area (TPSA) is 38.3 Å². The molecule has 1 aliphatic rings. The Labute approximate surface area is 119 Å². The largest absolute Gasteiger partial charge is 0.378 e. The van der Waals surface area contributed by atoms with Crippen LogP contribution in [0, 0.1) is 11.8 Å². The number of rotatable bonds is 8. The van der Waals surface area contributed by atoms with Gasteiger partial charge in [-0.15, -0.1) is 0 Å². The Hall–Kier alpha value is -0.0900.